The van der Waals surface area contributed by atoms with Gasteiger partial charge in [-0.2, -0.15) is 0 Å². The van der Waals surface area contributed by atoms with Crippen LogP contribution in [0.5, 0.6) is 0 Å². The Morgan fingerprint density at radius 1 is 1.43 bits per heavy atom. The second kappa shape index (κ2) is 6.78. The van der Waals surface area contributed by atoms with Gasteiger partial charge >= 0.3 is 0 Å². The van der Waals surface area contributed by atoms with E-state index in [9.17, 15) is 4.79 Å². The molecule has 2 rings (SSSR count). The minimum absolute atomic E-state index is 0.0309. The Kier molecular flexibility index (Phi) is 5.26. The van der Waals surface area contributed by atoms with Crippen molar-refractivity contribution < 1.29 is 4.79 Å². The molecular formula is C17H25ClN2O. The SMILES string of the molecule is CCCc1cc(C(=O)NC2CCCCC2(C)C)cc(Cl)n1. The van der Waals surface area contributed by atoms with Crippen molar-refractivity contribution in [3.8, 4) is 0 Å². The molecule has 1 aromatic rings. The zero-order valence-corrected chi connectivity index (χ0v) is 14.0. The van der Waals surface area contributed by atoms with Crippen LogP contribution in [0.15, 0.2) is 12.1 Å². The van der Waals surface area contributed by atoms with Crippen molar-refractivity contribution in [2.75, 3.05) is 0 Å². The topological polar surface area (TPSA) is 42.0 Å². The number of nitrogens with zero attached hydrogens (tertiary/aromatic N) is 1. The molecular weight excluding hydrogens is 284 g/mol. The van der Waals surface area contributed by atoms with E-state index in [-0.39, 0.29) is 17.4 Å². The molecule has 116 valence electrons. The van der Waals surface area contributed by atoms with Crippen molar-refractivity contribution in [1.82, 2.24) is 10.3 Å². The number of rotatable bonds is 4. The molecule has 1 amide bonds. The molecule has 0 spiro atoms. The smallest absolute Gasteiger partial charge is 0.251 e. The first-order valence-corrected chi connectivity index (χ1v) is 8.27. The maximum absolute atomic E-state index is 12.5. The third-order valence-electron chi connectivity index (χ3n) is 4.43. The molecule has 1 heterocycles. The van der Waals surface area contributed by atoms with Crippen LogP contribution in [-0.2, 0) is 6.42 Å². The standard InChI is InChI=1S/C17H25ClN2O/c1-4-7-13-10-12(11-15(18)19-13)16(21)20-14-8-5-6-9-17(14,2)3/h10-11,14H,4-9H2,1-3H3,(H,20,21). The zero-order valence-electron chi connectivity index (χ0n) is 13.2. The molecule has 0 radical (unpaired) electrons. The lowest BCUT2D eigenvalue weighted by Gasteiger charge is -2.39. The molecule has 0 bridgehead atoms. The molecule has 1 N–H and O–H groups in total. The van der Waals surface area contributed by atoms with Crippen molar-refractivity contribution >= 4 is 17.5 Å². The van der Waals surface area contributed by atoms with Crippen molar-refractivity contribution in [3.05, 3.63) is 28.5 Å². The van der Waals surface area contributed by atoms with Gasteiger partial charge in [-0.05, 0) is 36.8 Å². The third kappa shape index (κ3) is 4.19. The highest BCUT2D eigenvalue weighted by Crippen LogP contribution is 2.35. The minimum Gasteiger partial charge on any atom is -0.349 e. The van der Waals surface area contributed by atoms with Crippen LogP contribution in [0.2, 0.25) is 5.15 Å². The van der Waals surface area contributed by atoms with Crippen molar-refractivity contribution in [2.45, 2.75) is 65.3 Å². The first kappa shape index (κ1) is 16.3. The molecule has 4 heteroatoms. The lowest BCUT2D eigenvalue weighted by atomic mass is 9.73. The van der Waals surface area contributed by atoms with Crippen molar-refractivity contribution in [3.63, 3.8) is 0 Å². The Bertz CT molecular complexity index is 514. The van der Waals surface area contributed by atoms with Crippen LogP contribution in [0, 0.1) is 5.41 Å². The predicted octanol–water partition coefficient (Wildman–Crippen LogP) is 4.39. The fourth-order valence-corrected chi connectivity index (χ4v) is 3.30. The molecule has 21 heavy (non-hydrogen) atoms. The summed E-state index contributed by atoms with van der Waals surface area (Å²) in [6.45, 7) is 6.56. The number of carbonyl (C=O) groups is 1. The van der Waals surface area contributed by atoms with Gasteiger partial charge in [0.25, 0.3) is 5.91 Å². The highest BCUT2D eigenvalue weighted by atomic mass is 35.5. The van der Waals surface area contributed by atoms with Crippen LogP contribution in [-0.4, -0.2) is 16.9 Å². The average Bonchev–Trinajstić information content (AvgIpc) is 2.40. The first-order chi connectivity index (χ1) is 9.92. The zero-order chi connectivity index (χ0) is 15.5. The molecule has 0 saturated heterocycles. The van der Waals surface area contributed by atoms with E-state index in [0.717, 1.165) is 31.4 Å². The maximum Gasteiger partial charge on any atom is 0.251 e. The summed E-state index contributed by atoms with van der Waals surface area (Å²) < 4.78 is 0. The van der Waals surface area contributed by atoms with E-state index in [4.69, 9.17) is 11.6 Å². The van der Waals surface area contributed by atoms with E-state index in [1.165, 1.54) is 12.8 Å². The van der Waals surface area contributed by atoms with E-state index < -0.39 is 0 Å². The van der Waals surface area contributed by atoms with Crippen molar-refractivity contribution in [1.29, 1.82) is 0 Å². The summed E-state index contributed by atoms with van der Waals surface area (Å²) in [5.41, 5.74) is 1.68. The Balaban J connectivity index is 2.12. The molecule has 1 saturated carbocycles. The van der Waals surface area contributed by atoms with E-state index >= 15 is 0 Å². The summed E-state index contributed by atoms with van der Waals surface area (Å²) in [6, 6.07) is 3.76. The largest absolute Gasteiger partial charge is 0.349 e. The van der Waals surface area contributed by atoms with Crippen LogP contribution in [0.25, 0.3) is 0 Å². The number of halogens is 1. The number of aryl methyl sites for hydroxylation is 1. The summed E-state index contributed by atoms with van der Waals surface area (Å²) >= 11 is 6.04. The third-order valence-corrected chi connectivity index (χ3v) is 4.62. The second-order valence-electron chi connectivity index (χ2n) is 6.68. The molecule has 1 aliphatic rings. The van der Waals surface area contributed by atoms with Gasteiger partial charge in [-0.3, -0.25) is 4.79 Å². The minimum atomic E-state index is -0.0309. The van der Waals surface area contributed by atoms with E-state index in [1.54, 1.807) is 6.07 Å². The van der Waals surface area contributed by atoms with E-state index in [2.05, 4.69) is 31.1 Å². The van der Waals surface area contributed by atoms with Gasteiger partial charge in [-0.25, -0.2) is 4.98 Å². The summed E-state index contributed by atoms with van der Waals surface area (Å²) in [7, 11) is 0. The Labute approximate surface area is 132 Å². The highest BCUT2D eigenvalue weighted by molar-refractivity contribution is 6.29. The Morgan fingerprint density at radius 2 is 2.19 bits per heavy atom. The maximum atomic E-state index is 12.5. The van der Waals surface area contributed by atoms with Gasteiger partial charge in [0, 0.05) is 17.3 Å². The van der Waals surface area contributed by atoms with Gasteiger partial charge in [0.1, 0.15) is 5.15 Å². The number of aromatic nitrogens is 1. The summed E-state index contributed by atoms with van der Waals surface area (Å²) in [5, 5.41) is 3.59. The normalized spacial score (nSPS) is 21.0. The van der Waals surface area contributed by atoms with Crippen LogP contribution < -0.4 is 5.32 Å². The Hall–Kier alpha value is -1.09. The van der Waals surface area contributed by atoms with Gasteiger partial charge in [0.15, 0.2) is 0 Å². The number of amides is 1. The lowest BCUT2D eigenvalue weighted by molar-refractivity contribution is 0.0853. The molecule has 1 unspecified atom stereocenters. The van der Waals surface area contributed by atoms with E-state index in [1.807, 2.05) is 6.07 Å². The number of hydrogen-bond donors (Lipinski definition) is 1. The van der Waals surface area contributed by atoms with Gasteiger partial charge in [-0.15, -0.1) is 0 Å². The lowest BCUT2D eigenvalue weighted by Crippen LogP contribution is -2.46. The molecule has 1 atom stereocenters. The van der Waals surface area contributed by atoms with Crippen LogP contribution in [0.1, 0.15) is 68.9 Å². The molecule has 3 nitrogen and oxygen atoms in total. The molecule has 1 fully saturated rings. The van der Waals surface area contributed by atoms with Crippen LogP contribution >= 0.6 is 11.6 Å². The second-order valence-corrected chi connectivity index (χ2v) is 7.07. The summed E-state index contributed by atoms with van der Waals surface area (Å²) in [6.07, 6.45) is 6.49. The molecule has 1 aliphatic carbocycles. The quantitative estimate of drug-likeness (QED) is 0.838. The number of nitrogens with one attached hydrogen (secondary N) is 1. The monoisotopic (exact) mass is 308 g/mol. The van der Waals surface area contributed by atoms with Crippen LogP contribution in [0.3, 0.4) is 0 Å². The van der Waals surface area contributed by atoms with E-state index in [0.29, 0.717) is 10.7 Å². The van der Waals surface area contributed by atoms with Gasteiger partial charge in [-0.1, -0.05) is 51.6 Å². The van der Waals surface area contributed by atoms with Gasteiger partial charge in [0.2, 0.25) is 0 Å². The molecule has 1 aromatic heterocycles. The highest BCUT2D eigenvalue weighted by Gasteiger charge is 2.33. The number of pyridine rings is 1. The molecule has 0 aliphatic heterocycles. The molecule has 0 aromatic carbocycles. The fourth-order valence-electron chi connectivity index (χ4n) is 3.07. The van der Waals surface area contributed by atoms with Gasteiger partial charge < -0.3 is 5.32 Å². The predicted molar refractivity (Wildman–Crippen MR) is 86.7 cm³/mol. The van der Waals surface area contributed by atoms with Crippen LogP contribution in [0.4, 0.5) is 0 Å². The summed E-state index contributed by atoms with van der Waals surface area (Å²) in [5.74, 6) is -0.0309. The van der Waals surface area contributed by atoms with Gasteiger partial charge in [0.05, 0.1) is 0 Å². The Morgan fingerprint density at radius 3 is 2.86 bits per heavy atom. The number of carbonyl (C=O) groups excluding carboxylic acids is 1. The fraction of sp³-hybridized carbons (Fsp3) is 0.647. The van der Waals surface area contributed by atoms with Crippen molar-refractivity contribution in [2.24, 2.45) is 5.41 Å². The summed E-state index contributed by atoms with van der Waals surface area (Å²) in [4.78, 5) is 16.8. The first-order valence-electron chi connectivity index (χ1n) is 7.89. The average molecular weight is 309 g/mol. The number of hydrogen-bond acceptors (Lipinski definition) is 2.